The van der Waals surface area contributed by atoms with E-state index in [0.717, 1.165) is 12.0 Å². The first-order chi connectivity index (χ1) is 9.26. The van der Waals surface area contributed by atoms with Gasteiger partial charge in [-0.15, -0.1) is 0 Å². The molecule has 0 aromatic heterocycles. The van der Waals surface area contributed by atoms with Gasteiger partial charge in [0.1, 0.15) is 0 Å². The third-order valence-electron chi connectivity index (χ3n) is 4.25. The van der Waals surface area contributed by atoms with Crippen molar-refractivity contribution in [2.45, 2.75) is 64.5 Å². The molecule has 0 bridgehead atoms. The molecule has 1 aromatic carbocycles. The molecule has 1 saturated heterocycles. The highest BCUT2D eigenvalue weighted by atomic mass is 16.3. The standard InChI is InChI=1S/C17H27NO/c1-3-7-15-8-5-6-13-18(15)16-11-9-14(10-12-16)17(19)4-2/h9-12,15,17,19H,3-8,13H2,1-2H3/t15?,17-/m1/s1. The molecule has 2 atom stereocenters. The molecular formula is C17H27NO. The highest BCUT2D eigenvalue weighted by Gasteiger charge is 2.21. The van der Waals surface area contributed by atoms with Gasteiger partial charge in [-0.05, 0) is 49.8 Å². The van der Waals surface area contributed by atoms with Crippen molar-refractivity contribution in [1.29, 1.82) is 0 Å². The fraction of sp³-hybridized carbons (Fsp3) is 0.647. The number of piperidine rings is 1. The minimum Gasteiger partial charge on any atom is -0.388 e. The zero-order valence-electron chi connectivity index (χ0n) is 12.3. The van der Waals surface area contributed by atoms with E-state index in [1.807, 2.05) is 6.92 Å². The predicted octanol–water partition coefficient (Wildman–Crippen LogP) is 4.29. The summed E-state index contributed by atoms with van der Waals surface area (Å²) in [6.07, 6.45) is 7.01. The van der Waals surface area contributed by atoms with Crippen molar-refractivity contribution in [2.75, 3.05) is 11.4 Å². The average molecular weight is 261 g/mol. The van der Waals surface area contributed by atoms with Gasteiger partial charge in [0.05, 0.1) is 6.10 Å². The highest BCUT2D eigenvalue weighted by molar-refractivity contribution is 5.49. The molecule has 1 fully saturated rings. The van der Waals surface area contributed by atoms with Crippen LogP contribution in [0.4, 0.5) is 5.69 Å². The Hall–Kier alpha value is -1.02. The van der Waals surface area contributed by atoms with E-state index >= 15 is 0 Å². The fourth-order valence-corrected chi connectivity index (χ4v) is 3.10. The predicted molar refractivity (Wildman–Crippen MR) is 81.6 cm³/mol. The molecule has 1 aromatic rings. The maximum Gasteiger partial charge on any atom is 0.0787 e. The van der Waals surface area contributed by atoms with Crippen LogP contribution in [0.15, 0.2) is 24.3 Å². The van der Waals surface area contributed by atoms with Gasteiger partial charge in [-0.2, -0.15) is 0 Å². The number of nitrogens with zero attached hydrogens (tertiary/aromatic N) is 1. The number of aliphatic hydroxyl groups excluding tert-OH is 1. The number of anilines is 1. The molecule has 1 unspecified atom stereocenters. The number of aliphatic hydroxyl groups is 1. The third kappa shape index (κ3) is 3.50. The van der Waals surface area contributed by atoms with Crippen molar-refractivity contribution in [3.8, 4) is 0 Å². The number of hydrogen-bond donors (Lipinski definition) is 1. The van der Waals surface area contributed by atoms with E-state index in [4.69, 9.17) is 0 Å². The van der Waals surface area contributed by atoms with Crippen LogP contribution in [0.5, 0.6) is 0 Å². The first kappa shape index (κ1) is 14.4. The van der Waals surface area contributed by atoms with Crippen LogP contribution in [0.2, 0.25) is 0 Å². The maximum absolute atomic E-state index is 9.85. The molecule has 19 heavy (non-hydrogen) atoms. The number of rotatable bonds is 5. The topological polar surface area (TPSA) is 23.5 Å². The molecule has 2 rings (SSSR count). The van der Waals surface area contributed by atoms with Crippen LogP contribution in [0.25, 0.3) is 0 Å². The summed E-state index contributed by atoms with van der Waals surface area (Å²) in [6.45, 7) is 5.47. The molecule has 2 heteroatoms. The van der Waals surface area contributed by atoms with E-state index in [1.165, 1.54) is 44.3 Å². The summed E-state index contributed by atoms with van der Waals surface area (Å²) in [5, 5.41) is 9.85. The maximum atomic E-state index is 9.85. The average Bonchev–Trinajstić information content (AvgIpc) is 2.47. The molecule has 2 nitrogen and oxygen atoms in total. The third-order valence-corrected chi connectivity index (χ3v) is 4.25. The zero-order valence-corrected chi connectivity index (χ0v) is 12.3. The second-order valence-corrected chi connectivity index (χ2v) is 5.65. The zero-order chi connectivity index (χ0) is 13.7. The number of benzene rings is 1. The van der Waals surface area contributed by atoms with Crippen LogP contribution in [0, 0.1) is 0 Å². The lowest BCUT2D eigenvalue weighted by molar-refractivity contribution is 0.173. The van der Waals surface area contributed by atoms with E-state index in [-0.39, 0.29) is 6.10 Å². The van der Waals surface area contributed by atoms with Crippen LogP contribution in [-0.4, -0.2) is 17.7 Å². The normalized spacial score (nSPS) is 21.4. The first-order valence-corrected chi connectivity index (χ1v) is 7.81. The van der Waals surface area contributed by atoms with Crippen LogP contribution >= 0.6 is 0 Å². The summed E-state index contributed by atoms with van der Waals surface area (Å²) in [5.74, 6) is 0. The fourth-order valence-electron chi connectivity index (χ4n) is 3.10. The largest absolute Gasteiger partial charge is 0.388 e. The molecule has 1 aliphatic heterocycles. The molecule has 0 spiro atoms. The minimum absolute atomic E-state index is 0.318. The Labute approximate surface area is 117 Å². The molecule has 0 radical (unpaired) electrons. The van der Waals surface area contributed by atoms with Gasteiger partial charge in [-0.25, -0.2) is 0 Å². The van der Waals surface area contributed by atoms with Crippen LogP contribution < -0.4 is 4.90 Å². The van der Waals surface area contributed by atoms with Crippen molar-refractivity contribution in [2.24, 2.45) is 0 Å². The summed E-state index contributed by atoms with van der Waals surface area (Å²) in [6, 6.07) is 9.24. The first-order valence-electron chi connectivity index (χ1n) is 7.81. The van der Waals surface area contributed by atoms with Gasteiger partial charge >= 0.3 is 0 Å². The van der Waals surface area contributed by atoms with E-state index in [1.54, 1.807) is 0 Å². The summed E-state index contributed by atoms with van der Waals surface area (Å²) in [7, 11) is 0. The summed E-state index contributed by atoms with van der Waals surface area (Å²) in [4.78, 5) is 2.56. The van der Waals surface area contributed by atoms with Crippen LogP contribution in [-0.2, 0) is 0 Å². The van der Waals surface area contributed by atoms with Crippen molar-refractivity contribution >= 4 is 5.69 Å². The minimum atomic E-state index is -0.318. The van der Waals surface area contributed by atoms with Crippen molar-refractivity contribution in [3.63, 3.8) is 0 Å². The van der Waals surface area contributed by atoms with E-state index in [9.17, 15) is 5.11 Å². The van der Waals surface area contributed by atoms with Crippen molar-refractivity contribution in [3.05, 3.63) is 29.8 Å². The van der Waals surface area contributed by atoms with Gasteiger partial charge in [0, 0.05) is 18.3 Å². The molecule has 0 aliphatic carbocycles. The molecule has 0 saturated carbocycles. The lowest BCUT2D eigenvalue weighted by atomic mass is 9.97. The molecule has 1 N–H and O–H groups in total. The van der Waals surface area contributed by atoms with Gasteiger partial charge in [0.25, 0.3) is 0 Å². The molecule has 1 aliphatic rings. The second kappa shape index (κ2) is 6.95. The quantitative estimate of drug-likeness (QED) is 0.854. The van der Waals surface area contributed by atoms with E-state index < -0.39 is 0 Å². The Bertz CT molecular complexity index is 371. The van der Waals surface area contributed by atoms with Gasteiger partial charge in [0.2, 0.25) is 0 Å². The second-order valence-electron chi connectivity index (χ2n) is 5.65. The van der Waals surface area contributed by atoms with E-state index in [2.05, 4.69) is 36.1 Å². The number of hydrogen-bond acceptors (Lipinski definition) is 2. The smallest absolute Gasteiger partial charge is 0.0787 e. The summed E-state index contributed by atoms with van der Waals surface area (Å²) < 4.78 is 0. The summed E-state index contributed by atoms with van der Waals surface area (Å²) in [5.41, 5.74) is 2.36. The Kier molecular flexibility index (Phi) is 5.26. The van der Waals surface area contributed by atoms with Crippen molar-refractivity contribution in [1.82, 2.24) is 0 Å². The SMILES string of the molecule is CCCC1CCCCN1c1ccc([C@H](O)CC)cc1. The Morgan fingerprint density at radius 1 is 1.21 bits per heavy atom. The molecule has 1 heterocycles. The Morgan fingerprint density at radius 2 is 1.95 bits per heavy atom. The Balaban J connectivity index is 2.11. The van der Waals surface area contributed by atoms with Gasteiger partial charge in [-0.1, -0.05) is 32.4 Å². The lowest BCUT2D eigenvalue weighted by Gasteiger charge is -2.37. The van der Waals surface area contributed by atoms with Gasteiger partial charge in [-0.3, -0.25) is 0 Å². The monoisotopic (exact) mass is 261 g/mol. The highest BCUT2D eigenvalue weighted by Crippen LogP contribution is 2.28. The van der Waals surface area contributed by atoms with E-state index in [0.29, 0.717) is 6.04 Å². The molecule has 106 valence electrons. The van der Waals surface area contributed by atoms with Crippen LogP contribution in [0.3, 0.4) is 0 Å². The van der Waals surface area contributed by atoms with Crippen LogP contribution in [0.1, 0.15) is 64.0 Å². The Morgan fingerprint density at radius 3 is 2.58 bits per heavy atom. The summed E-state index contributed by atoms with van der Waals surface area (Å²) >= 11 is 0. The molecular weight excluding hydrogens is 234 g/mol. The van der Waals surface area contributed by atoms with Crippen molar-refractivity contribution < 1.29 is 5.11 Å². The van der Waals surface area contributed by atoms with Gasteiger partial charge < -0.3 is 10.0 Å². The molecule has 0 amide bonds. The lowest BCUT2D eigenvalue weighted by Crippen LogP contribution is -2.39. The van der Waals surface area contributed by atoms with Gasteiger partial charge in [0.15, 0.2) is 0 Å².